The van der Waals surface area contributed by atoms with Gasteiger partial charge in [0.25, 0.3) is 0 Å². The predicted molar refractivity (Wildman–Crippen MR) is 134 cm³/mol. The summed E-state index contributed by atoms with van der Waals surface area (Å²) in [6.07, 6.45) is 0. The molecule has 4 aromatic rings. The van der Waals surface area contributed by atoms with Crippen LogP contribution in [0, 0.1) is 13.8 Å². The number of nitrogens with zero attached hydrogens (tertiary/aromatic N) is 1. The number of ether oxygens (including phenoxy) is 1. The summed E-state index contributed by atoms with van der Waals surface area (Å²) in [7, 11) is 0. The van der Waals surface area contributed by atoms with Gasteiger partial charge >= 0.3 is 5.97 Å². The van der Waals surface area contributed by atoms with Crippen LogP contribution < -0.4 is 4.74 Å². The fourth-order valence-electron chi connectivity index (χ4n) is 3.80. The highest BCUT2D eigenvalue weighted by molar-refractivity contribution is 9.10. The molecule has 0 N–H and O–H groups in total. The van der Waals surface area contributed by atoms with E-state index in [0.29, 0.717) is 11.3 Å². The Labute approximate surface area is 197 Å². The molecule has 32 heavy (non-hydrogen) atoms. The molecule has 0 unspecified atom stereocenters. The van der Waals surface area contributed by atoms with Crippen molar-refractivity contribution in [3.05, 3.63) is 93.5 Å². The van der Waals surface area contributed by atoms with E-state index in [1.807, 2.05) is 74.5 Å². The van der Waals surface area contributed by atoms with Gasteiger partial charge in [0.1, 0.15) is 5.75 Å². The Bertz CT molecular complexity index is 1300. The Kier molecular flexibility index (Phi) is 5.91. The molecule has 3 nitrogen and oxygen atoms in total. The van der Waals surface area contributed by atoms with Crippen LogP contribution in [0.4, 0.5) is 0 Å². The van der Waals surface area contributed by atoms with Crippen LogP contribution in [0.1, 0.15) is 47.8 Å². The van der Waals surface area contributed by atoms with Crippen molar-refractivity contribution in [3.8, 4) is 17.0 Å². The van der Waals surface area contributed by atoms with Crippen molar-refractivity contribution in [3.63, 3.8) is 0 Å². The van der Waals surface area contributed by atoms with Crippen molar-refractivity contribution < 1.29 is 9.53 Å². The van der Waals surface area contributed by atoms with Gasteiger partial charge in [-0.3, -0.25) is 0 Å². The zero-order chi connectivity index (χ0) is 23.0. The number of carbonyl (C=O) groups excluding carboxylic acids is 1. The summed E-state index contributed by atoms with van der Waals surface area (Å²) >= 11 is 3.47. The van der Waals surface area contributed by atoms with Gasteiger partial charge in [-0.15, -0.1) is 0 Å². The summed E-state index contributed by atoms with van der Waals surface area (Å²) in [6.45, 7) is 10.5. The molecule has 0 fully saturated rings. The van der Waals surface area contributed by atoms with E-state index in [0.717, 1.165) is 37.8 Å². The third-order valence-electron chi connectivity index (χ3n) is 5.54. The van der Waals surface area contributed by atoms with E-state index < -0.39 is 0 Å². The number of pyridine rings is 1. The first-order valence-electron chi connectivity index (χ1n) is 10.6. The van der Waals surface area contributed by atoms with Crippen molar-refractivity contribution >= 4 is 32.8 Å². The van der Waals surface area contributed by atoms with Gasteiger partial charge in [-0.2, -0.15) is 0 Å². The Morgan fingerprint density at radius 3 is 2.19 bits per heavy atom. The first kappa shape index (κ1) is 22.2. The molecule has 3 aromatic carbocycles. The number of esters is 1. The smallest absolute Gasteiger partial charge is 0.344 e. The van der Waals surface area contributed by atoms with Crippen LogP contribution >= 0.6 is 15.9 Å². The first-order valence-corrected chi connectivity index (χ1v) is 11.4. The minimum atomic E-state index is -0.385. The van der Waals surface area contributed by atoms with Crippen LogP contribution in [-0.4, -0.2) is 11.0 Å². The Balaban J connectivity index is 1.79. The lowest BCUT2D eigenvalue weighted by Gasteiger charge is -2.19. The van der Waals surface area contributed by atoms with Crippen molar-refractivity contribution in [1.82, 2.24) is 4.98 Å². The SMILES string of the molecule is Cc1cc(C)c2nc(-c3ccc(Br)cc3)cc(C(=O)Oc3ccc(C(C)(C)C)cc3)c2c1. The summed E-state index contributed by atoms with van der Waals surface area (Å²) in [5.41, 5.74) is 6.35. The Morgan fingerprint density at radius 1 is 0.906 bits per heavy atom. The van der Waals surface area contributed by atoms with Crippen LogP contribution in [0.25, 0.3) is 22.2 Å². The molecule has 0 aliphatic heterocycles. The number of hydrogen-bond acceptors (Lipinski definition) is 3. The second-order valence-corrected chi connectivity index (χ2v) is 10.1. The fourth-order valence-corrected chi connectivity index (χ4v) is 4.07. The molecule has 0 saturated heterocycles. The Hall–Kier alpha value is -2.98. The number of fused-ring (bicyclic) bond motifs is 1. The van der Waals surface area contributed by atoms with Gasteiger partial charge in [0.2, 0.25) is 0 Å². The molecule has 0 radical (unpaired) electrons. The minimum Gasteiger partial charge on any atom is -0.423 e. The number of benzene rings is 3. The zero-order valence-corrected chi connectivity index (χ0v) is 20.6. The lowest BCUT2D eigenvalue weighted by Crippen LogP contribution is -2.12. The third kappa shape index (κ3) is 4.61. The molecule has 4 heteroatoms. The van der Waals surface area contributed by atoms with E-state index in [-0.39, 0.29) is 11.4 Å². The van der Waals surface area contributed by atoms with Gasteiger partial charge in [-0.1, -0.05) is 72.6 Å². The molecule has 0 saturated carbocycles. The highest BCUT2D eigenvalue weighted by Gasteiger charge is 2.19. The molecule has 0 bridgehead atoms. The second kappa shape index (κ2) is 8.51. The molecule has 0 spiro atoms. The molecule has 1 aromatic heterocycles. The molecular formula is C28H26BrNO2. The minimum absolute atomic E-state index is 0.0402. The van der Waals surface area contributed by atoms with Gasteiger partial charge in [0, 0.05) is 15.4 Å². The van der Waals surface area contributed by atoms with E-state index in [2.05, 4.69) is 42.8 Å². The maximum atomic E-state index is 13.3. The number of rotatable bonds is 3. The lowest BCUT2D eigenvalue weighted by atomic mass is 9.87. The summed E-state index contributed by atoms with van der Waals surface area (Å²) in [4.78, 5) is 18.2. The summed E-state index contributed by atoms with van der Waals surface area (Å²) in [6, 6.07) is 21.6. The summed E-state index contributed by atoms with van der Waals surface area (Å²) < 4.78 is 6.78. The van der Waals surface area contributed by atoms with Crippen molar-refractivity contribution in [2.24, 2.45) is 0 Å². The third-order valence-corrected chi connectivity index (χ3v) is 6.07. The van der Waals surface area contributed by atoms with E-state index in [1.165, 1.54) is 5.56 Å². The van der Waals surface area contributed by atoms with Gasteiger partial charge in [0.05, 0.1) is 16.8 Å². The maximum Gasteiger partial charge on any atom is 0.344 e. The molecule has 4 rings (SSSR count). The number of halogens is 1. The maximum absolute atomic E-state index is 13.3. The number of carbonyl (C=O) groups is 1. The van der Waals surface area contributed by atoms with E-state index in [9.17, 15) is 4.79 Å². The second-order valence-electron chi connectivity index (χ2n) is 9.20. The highest BCUT2D eigenvalue weighted by Crippen LogP contribution is 2.30. The number of aromatic nitrogens is 1. The molecule has 0 amide bonds. The van der Waals surface area contributed by atoms with Gasteiger partial charge in [-0.05, 0) is 66.8 Å². The quantitative estimate of drug-likeness (QED) is 0.218. The average Bonchev–Trinajstić information content (AvgIpc) is 2.73. The van der Waals surface area contributed by atoms with E-state index in [4.69, 9.17) is 9.72 Å². The molecule has 1 heterocycles. The largest absolute Gasteiger partial charge is 0.423 e. The van der Waals surface area contributed by atoms with Crippen LogP contribution in [0.3, 0.4) is 0 Å². The summed E-state index contributed by atoms with van der Waals surface area (Å²) in [5.74, 6) is 0.145. The number of aryl methyl sites for hydroxylation is 2. The topological polar surface area (TPSA) is 39.2 Å². The van der Waals surface area contributed by atoms with E-state index >= 15 is 0 Å². The fraction of sp³-hybridized carbons (Fsp3) is 0.214. The zero-order valence-electron chi connectivity index (χ0n) is 19.0. The standard InChI is InChI=1S/C28H26BrNO2/c1-17-14-18(2)26-23(15-17)24(16-25(30-26)19-6-10-21(29)11-7-19)27(31)32-22-12-8-20(9-13-22)28(3,4)5/h6-16H,1-5H3. The highest BCUT2D eigenvalue weighted by atomic mass is 79.9. The van der Waals surface area contributed by atoms with Crippen LogP contribution in [0.15, 0.2) is 71.2 Å². The molecule has 162 valence electrons. The van der Waals surface area contributed by atoms with Gasteiger partial charge < -0.3 is 4.74 Å². The molecule has 0 aliphatic carbocycles. The lowest BCUT2D eigenvalue weighted by molar-refractivity contribution is 0.0737. The number of hydrogen-bond donors (Lipinski definition) is 0. The van der Waals surface area contributed by atoms with Gasteiger partial charge in [0.15, 0.2) is 0 Å². The monoisotopic (exact) mass is 487 g/mol. The van der Waals surface area contributed by atoms with Crippen molar-refractivity contribution in [2.75, 3.05) is 0 Å². The normalized spacial score (nSPS) is 11.6. The van der Waals surface area contributed by atoms with Gasteiger partial charge in [-0.25, -0.2) is 9.78 Å². The van der Waals surface area contributed by atoms with Crippen molar-refractivity contribution in [1.29, 1.82) is 0 Å². The average molecular weight is 488 g/mol. The Morgan fingerprint density at radius 2 is 1.56 bits per heavy atom. The van der Waals surface area contributed by atoms with Crippen LogP contribution in [0.2, 0.25) is 0 Å². The molecule has 0 atom stereocenters. The summed E-state index contributed by atoms with van der Waals surface area (Å²) in [5, 5.41) is 0.805. The van der Waals surface area contributed by atoms with Crippen LogP contribution in [0.5, 0.6) is 5.75 Å². The first-order chi connectivity index (χ1) is 15.1. The van der Waals surface area contributed by atoms with Crippen molar-refractivity contribution in [2.45, 2.75) is 40.0 Å². The molecular weight excluding hydrogens is 462 g/mol. The van der Waals surface area contributed by atoms with E-state index in [1.54, 1.807) is 0 Å². The van der Waals surface area contributed by atoms with Crippen LogP contribution in [-0.2, 0) is 5.41 Å². The predicted octanol–water partition coefficient (Wildman–Crippen LogP) is 7.80. The molecule has 0 aliphatic rings.